The van der Waals surface area contributed by atoms with Crippen LogP contribution in [-0.4, -0.2) is 12.6 Å². The monoisotopic (exact) mass is 141 g/mol. The number of hydrogen-bond donors (Lipinski definition) is 1. The van der Waals surface area contributed by atoms with Crippen LogP contribution in [0.5, 0.6) is 0 Å². The molecule has 60 valence electrons. The third-order valence-electron chi connectivity index (χ3n) is 1.54. The van der Waals surface area contributed by atoms with Gasteiger partial charge in [0.2, 0.25) is 0 Å². The zero-order valence-corrected chi connectivity index (χ0v) is 7.57. The molecule has 1 N–H and O–H groups in total. The molecule has 1 aliphatic heterocycles. The van der Waals surface area contributed by atoms with Gasteiger partial charge < -0.3 is 5.32 Å². The van der Waals surface area contributed by atoms with Gasteiger partial charge in [-0.15, -0.1) is 0 Å². The van der Waals surface area contributed by atoms with Gasteiger partial charge in [-0.2, -0.15) is 0 Å². The molecule has 1 aliphatic rings. The fraction of sp³-hybridized carbons (Fsp3) is 0.778. The Hall–Kier alpha value is -0.300. The lowest BCUT2D eigenvalue weighted by Crippen LogP contribution is -2.29. The second kappa shape index (κ2) is 5.48. The molecule has 0 aliphatic carbocycles. The fourth-order valence-electron chi connectivity index (χ4n) is 1.07. The second-order valence-corrected chi connectivity index (χ2v) is 2.56. The molecule has 0 amide bonds. The highest BCUT2D eigenvalue weighted by atomic mass is 14.9. The van der Waals surface area contributed by atoms with Crippen molar-refractivity contribution in [1.29, 1.82) is 0 Å². The van der Waals surface area contributed by atoms with E-state index in [1.807, 2.05) is 13.8 Å². The molecule has 10 heavy (non-hydrogen) atoms. The average Bonchev–Trinajstić information content (AvgIpc) is 1.91. The minimum absolute atomic E-state index is 0.694. The standard InChI is InChI=1S/C7H13N.C2H6/c1-6-3-4-8-7(2)5-6;1-2/h3,7-8H,4-5H2,1-2H3;1-2H3. The molecule has 0 saturated heterocycles. The highest BCUT2D eigenvalue weighted by molar-refractivity contribution is 5.05. The van der Waals surface area contributed by atoms with E-state index in [2.05, 4.69) is 25.2 Å². The summed E-state index contributed by atoms with van der Waals surface area (Å²) in [5.74, 6) is 0. The zero-order chi connectivity index (χ0) is 7.98. The maximum absolute atomic E-state index is 3.34. The lowest BCUT2D eigenvalue weighted by atomic mass is 10.1. The molecular weight excluding hydrogens is 122 g/mol. The summed E-state index contributed by atoms with van der Waals surface area (Å²) in [4.78, 5) is 0. The zero-order valence-electron chi connectivity index (χ0n) is 7.57. The first kappa shape index (κ1) is 9.70. The summed E-state index contributed by atoms with van der Waals surface area (Å²) in [5, 5.41) is 3.34. The topological polar surface area (TPSA) is 12.0 Å². The first-order valence-electron chi connectivity index (χ1n) is 4.18. The van der Waals surface area contributed by atoms with E-state index in [1.165, 1.54) is 12.0 Å². The van der Waals surface area contributed by atoms with Crippen molar-refractivity contribution in [3.8, 4) is 0 Å². The summed E-state index contributed by atoms with van der Waals surface area (Å²) in [6.07, 6.45) is 3.47. The molecule has 0 saturated carbocycles. The predicted octanol–water partition coefficient (Wildman–Crippen LogP) is 2.34. The molecule has 1 nitrogen and oxygen atoms in total. The first-order chi connectivity index (χ1) is 4.79. The van der Waals surface area contributed by atoms with Crippen LogP contribution in [-0.2, 0) is 0 Å². The third-order valence-corrected chi connectivity index (χ3v) is 1.54. The molecule has 0 bridgehead atoms. The Bertz CT molecular complexity index is 105. The Labute approximate surface area is 64.5 Å². The molecule has 1 atom stereocenters. The second-order valence-electron chi connectivity index (χ2n) is 2.56. The first-order valence-corrected chi connectivity index (χ1v) is 4.18. The molecule has 0 aromatic rings. The highest BCUT2D eigenvalue weighted by Crippen LogP contribution is 2.06. The van der Waals surface area contributed by atoms with Crippen LogP contribution in [0.1, 0.15) is 34.1 Å². The molecule has 1 heteroatoms. The minimum atomic E-state index is 0.694. The van der Waals surface area contributed by atoms with Crippen molar-refractivity contribution in [1.82, 2.24) is 5.32 Å². The summed E-state index contributed by atoms with van der Waals surface area (Å²) in [5.41, 5.74) is 1.52. The lowest BCUT2D eigenvalue weighted by Gasteiger charge is -2.17. The summed E-state index contributed by atoms with van der Waals surface area (Å²) in [6.45, 7) is 9.47. The van der Waals surface area contributed by atoms with Gasteiger partial charge >= 0.3 is 0 Å². The molecule has 1 rings (SSSR count). The number of hydrogen-bond acceptors (Lipinski definition) is 1. The van der Waals surface area contributed by atoms with Gasteiger partial charge in [0.25, 0.3) is 0 Å². The Morgan fingerprint density at radius 3 is 2.40 bits per heavy atom. The third kappa shape index (κ3) is 3.67. The smallest absolute Gasteiger partial charge is 0.0140 e. The van der Waals surface area contributed by atoms with Gasteiger partial charge in [-0.25, -0.2) is 0 Å². The van der Waals surface area contributed by atoms with E-state index in [0.29, 0.717) is 6.04 Å². The Balaban J connectivity index is 0.000000371. The van der Waals surface area contributed by atoms with E-state index >= 15 is 0 Å². The molecular formula is C9H19N. The van der Waals surface area contributed by atoms with Crippen LogP contribution in [0.4, 0.5) is 0 Å². The molecule has 0 fully saturated rings. The van der Waals surface area contributed by atoms with Crippen molar-refractivity contribution < 1.29 is 0 Å². The molecule has 0 radical (unpaired) electrons. The van der Waals surface area contributed by atoms with Crippen molar-refractivity contribution in [2.45, 2.75) is 40.2 Å². The van der Waals surface area contributed by atoms with Crippen molar-refractivity contribution in [2.24, 2.45) is 0 Å². The van der Waals surface area contributed by atoms with E-state index in [1.54, 1.807) is 0 Å². The van der Waals surface area contributed by atoms with Crippen LogP contribution in [0.25, 0.3) is 0 Å². The van der Waals surface area contributed by atoms with E-state index in [4.69, 9.17) is 0 Å². The van der Waals surface area contributed by atoms with Crippen molar-refractivity contribution >= 4 is 0 Å². The number of rotatable bonds is 0. The quantitative estimate of drug-likeness (QED) is 0.511. The van der Waals surface area contributed by atoms with E-state index in [9.17, 15) is 0 Å². The van der Waals surface area contributed by atoms with Crippen LogP contribution in [0.2, 0.25) is 0 Å². The van der Waals surface area contributed by atoms with Gasteiger partial charge in [-0.05, 0) is 20.3 Å². The van der Waals surface area contributed by atoms with Crippen LogP contribution >= 0.6 is 0 Å². The summed E-state index contributed by atoms with van der Waals surface area (Å²) in [6, 6.07) is 0.694. The fourth-order valence-corrected chi connectivity index (χ4v) is 1.07. The van der Waals surface area contributed by atoms with E-state index < -0.39 is 0 Å². The van der Waals surface area contributed by atoms with Crippen LogP contribution in [0, 0.1) is 0 Å². The van der Waals surface area contributed by atoms with E-state index in [0.717, 1.165) is 6.54 Å². The van der Waals surface area contributed by atoms with Crippen molar-refractivity contribution in [2.75, 3.05) is 6.54 Å². The Morgan fingerprint density at radius 2 is 2.10 bits per heavy atom. The Kier molecular flexibility index (Phi) is 5.32. The van der Waals surface area contributed by atoms with Crippen LogP contribution in [0.15, 0.2) is 11.6 Å². The highest BCUT2D eigenvalue weighted by Gasteiger charge is 2.04. The number of nitrogens with one attached hydrogen (secondary N) is 1. The van der Waals surface area contributed by atoms with Gasteiger partial charge in [-0.3, -0.25) is 0 Å². The summed E-state index contributed by atoms with van der Waals surface area (Å²) in [7, 11) is 0. The molecule has 1 unspecified atom stereocenters. The summed E-state index contributed by atoms with van der Waals surface area (Å²) < 4.78 is 0. The average molecular weight is 141 g/mol. The molecule has 0 aromatic carbocycles. The van der Waals surface area contributed by atoms with E-state index in [-0.39, 0.29) is 0 Å². The predicted molar refractivity (Wildman–Crippen MR) is 47.2 cm³/mol. The van der Waals surface area contributed by atoms with Crippen LogP contribution in [0.3, 0.4) is 0 Å². The van der Waals surface area contributed by atoms with Crippen LogP contribution < -0.4 is 5.32 Å². The maximum atomic E-state index is 3.34. The van der Waals surface area contributed by atoms with Crippen molar-refractivity contribution in [3.05, 3.63) is 11.6 Å². The molecule has 0 spiro atoms. The van der Waals surface area contributed by atoms with Gasteiger partial charge in [0.15, 0.2) is 0 Å². The van der Waals surface area contributed by atoms with Gasteiger partial charge in [0.05, 0.1) is 0 Å². The molecule has 1 heterocycles. The lowest BCUT2D eigenvalue weighted by molar-refractivity contribution is 0.553. The SMILES string of the molecule is CC.CC1=CCNC(C)C1. The van der Waals surface area contributed by atoms with Gasteiger partial charge in [0.1, 0.15) is 0 Å². The Morgan fingerprint density at radius 1 is 1.50 bits per heavy atom. The normalized spacial score (nSPS) is 24.4. The minimum Gasteiger partial charge on any atom is -0.310 e. The largest absolute Gasteiger partial charge is 0.310 e. The maximum Gasteiger partial charge on any atom is 0.0140 e. The summed E-state index contributed by atoms with van der Waals surface area (Å²) >= 11 is 0. The van der Waals surface area contributed by atoms with Gasteiger partial charge in [-0.1, -0.05) is 25.5 Å². The molecule has 0 aromatic heterocycles. The van der Waals surface area contributed by atoms with Crippen molar-refractivity contribution in [3.63, 3.8) is 0 Å². The van der Waals surface area contributed by atoms with Gasteiger partial charge in [0, 0.05) is 12.6 Å².